The third kappa shape index (κ3) is 4.54. The molecule has 2 aromatic carbocycles. The van der Waals surface area contributed by atoms with Crippen molar-refractivity contribution in [2.24, 2.45) is 5.16 Å². The Hall–Kier alpha value is -1.82. The van der Waals surface area contributed by atoms with Crippen molar-refractivity contribution in [3.05, 3.63) is 64.9 Å². The minimum Gasteiger partial charge on any atom is -0.390 e. The maximum atomic E-state index is 14.1. The summed E-state index contributed by atoms with van der Waals surface area (Å²) in [5.74, 6) is -0.350. The molecule has 0 radical (unpaired) electrons. The summed E-state index contributed by atoms with van der Waals surface area (Å²) in [5, 5.41) is 4.47. The van der Waals surface area contributed by atoms with E-state index < -0.39 is 0 Å². The number of hydrogen-bond acceptors (Lipinski definition) is 4. The number of para-hydroxylation sites is 1. The Bertz CT molecular complexity index is 775. The topological polar surface area (TPSA) is 28.1 Å². The zero-order valence-corrected chi connectivity index (χ0v) is 16.4. The van der Waals surface area contributed by atoms with Gasteiger partial charge in [0.2, 0.25) is 0 Å². The molecule has 4 nitrogen and oxygen atoms in total. The zero-order valence-electron chi connectivity index (χ0n) is 14.9. The molecule has 4 rings (SSSR count). The summed E-state index contributed by atoms with van der Waals surface area (Å²) in [5.41, 5.74) is 2.23. The van der Waals surface area contributed by atoms with Crippen LogP contribution >= 0.6 is 24.0 Å². The van der Waals surface area contributed by atoms with E-state index in [1.165, 1.54) is 11.8 Å². The fourth-order valence-electron chi connectivity index (χ4n) is 3.56. The molecule has 1 atom stereocenters. The summed E-state index contributed by atoms with van der Waals surface area (Å²) < 4.78 is 14.1. The third-order valence-electron chi connectivity index (χ3n) is 4.94. The number of rotatable bonds is 4. The molecule has 27 heavy (non-hydrogen) atoms. The summed E-state index contributed by atoms with van der Waals surface area (Å²) in [6.07, 6.45) is 0.531. The molecule has 0 aromatic heterocycles. The Morgan fingerprint density at radius 1 is 1.04 bits per heavy atom. The van der Waals surface area contributed by atoms with Crippen molar-refractivity contribution in [1.82, 2.24) is 4.90 Å². The maximum absolute atomic E-state index is 14.1. The molecule has 0 N–H and O–H groups in total. The molecule has 0 aliphatic carbocycles. The molecule has 0 saturated carbocycles. The molecule has 2 heterocycles. The van der Waals surface area contributed by atoms with E-state index in [9.17, 15) is 4.39 Å². The highest BCUT2D eigenvalue weighted by molar-refractivity contribution is 6.34. The lowest BCUT2D eigenvalue weighted by molar-refractivity contribution is 0.0510. The Kier molecular flexibility index (Phi) is 6.58. The van der Waals surface area contributed by atoms with Gasteiger partial charge >= 0.3 is 0 Å². The lowest BCUT2D eigenvalue weighted by atomic mass is 10.0. The summed E-state index contributed by atoms with van der Waals surface area (Å²) in [6, 6.07) is 15.2. The summed E-state index contributed by atoms with van der Waals surface area (Å²) in [6.45, 7) is 4.73. The molecular formula is C20H22Cl2FN3O. The molecule has 2 aliphatic rings. The first kappa shape index (κ1) is 19.9. The molecule has 2 aliphatic heterocycles. The van der Waals surface area contributed by atoms with Crippen LogP contribution in [0.4, 0.5) is 10.1 Å². The first-order valence-corrected chi connectivity index (χ1v) is 9.28. The van der Waals surface area contributed by atoms with Gasteiger partial charge in [0.1, 0.15) is 11.9 Å². The predicted molar refractivity (Wildman–Crippen MR) is 110 cm³/mol. The van der Waals surface area contributed by atoms with Crippen molar-refractivity contribution in [2.45, 2.75) is 12.5 Å². The number of halogens is 3. The van der Waals surface area contributed by atoms with Crippen LogP contribution in [-0.4, -0.2) is 49.4 Å². The van der Waals surface area contributed by atoms with Crippen LogP contribution in [0.25, 0.3) is 0 Å². The summed E-state index contributed by atoms with van der Waals surface area (Å²) in [7, 11) is 0. The van der Waals surface area contributed by atoms with E-state index in [2.05, 4.69) is 39.2 Å². The SMILES string of the molecule is Cl.Fc1cccc(Cl)c1C1=NOC(CN2CCN(c3ccccc3)CC2)C1. The van der Waals surface area contributed by atoms with Crippen LogP contribution in [-0.2, 0) is 4.84 Å². The number of oxime groups is 1. The Balaban J connectivity index is 0.00000210. The molecule has 2 aromatic rings. The number of nitrogens with zero attached hydrogens (tertiary/aromatic N) is 3. The highest BCUT2D eigenvalue weighted by atomic mass is 35.5. The van der Waals surface area contributed by atoms with Crippen LogP contribution < -0.4 is 4.90 Å². The molecule has 0 spiro atoms. The smallest absolute Gasteiger partial charge is 0.145 e. The summed E-state index contributed by atoms with van der Waals surface area (Å²) >= 11 is 6.13. The fourth-order valence-corrected chi connectivity index (χ4v) is 3.83. The zero-order chi connectivity index (χ0) is 17.9. The number of hydrogen-bond donors (Lipinski definition) is 0. The second-order valence-corrected chi connectivity index (χ2v) is 7.10. The lowest BCUT2D eigenvalue weighted by Crippen LogP contribution is -2.48. The van der Waals surface area contributed by atoms with Crippen molar-refractivity contribution in [3.8, 4) is 0 Å². The minimum absolute atomic E-state index is 0. The molecule has 144 valence electrons. The van der Waals surface area contributed by atoms with Crippen molar-refractivity contribution in [3.63, 3.8) is 0 Å². The third-order valence-corrected chi connectivity index (χ3v) is 5.25. The van der Waals surface area contributed by atoms with Crippen molar-refractivity contribution >= 4 is 35.4 Å². The molecule has 1 unspecified atom stereocenters. The van der Waals surface area contributed by atoms with Gasteiger partial charge in [-0.15, -0.1) is 12.4 Å². The second kappa shape index (κ2) is 8.91. The normalized spacial score (nSPS) is 20.0. The number of piperazine rings is 1. The molecule has 0 bridgehead atoms. The first-order chi connectivity index (χ1) is 12.7. The van der Waals surface area contributed by atoms with Gasteiger partial charge in [0, 0.05) is 44.8 Å². The molecule has 1 fully saturated rings. The molecule has 7 heteroatoms. The van der Waals surface area contributed by atoms with E-state index >= 15 is 0 Å². The standard InChI is InChI=1S/C20H21ClFN3O.ClH/c21-17-7-4-8-18(22)20(17)19-13-16(26-23-19)14-24-9-11-25(12-10-24)15-5-2-1-3-6-15;/h1-8,16H,9-14H2;1H. The van der Waals surface area contributed by atoms with Crippen molar-refractivity contribution in [2.75, 3.05) is 37.6 Å². The van der Waals surface area contributed by atoms with Gasteiger partial charge in [-0.3, -0.25) is 4.90 Å². The van der Waals surface area contributed by atoms with Gasteiger partial charge in [-0.05, 0) is 24.3 Å². The number of benzene rings is 2. The van der Waals surface area contributed by atoms with Crippen molar-refractivity contribution < 1.29 is 9.23 Å². The number of anilines is 1. The Morgan fingerprint density at radius 2 is 1.78 bits per heavy atom. The van der Waals surface area contributed by atoms with Crippen LogP contribution in [0.2, 0.25) is 5.02 Å². The maximum Gasteiger partial charge on any atom is 0.145 e. The van der Waals surface area contributed by atoms with E-state index in [-0.39, 0.29) is 24.3 Å². The minimum atomic E-state index is -0.350. The average Bonchev–Trinajstić information content (AvgIpc) is 3.11. The largest absolute Gasteiger partial charge is 0.390 e. The summed E-state index contributed by atoms with van der Waals surface area (Å²) in [4.78, 5) is 10.3. The van der Waals surface area contributed by atoms with Gasteiger partial charge in [0.25, 0.3) is 0 Å². The quantitative estimate of drug-likeness (QED) is 0.756. The van der Waals surface area contributed by atoms with Gasteiger partial charge in [-0.25, -0.2) is 4.39 Å². The van der Waals surface area contributed by atoms with Crippen LogP contribution in [0.3, 0.4) is 0 Å². The molecular weight excluding hydrogens is 388 g/mol. The fraction of sp³-hybridized carbons (Fsp3) is 0.350. The van der Waals surface area contributed by atoms with Gasteiger partial charge < -0.3 is 9.74 Å². The van der Waals surface area contributed by atoms with E-state index in [1.807, 2.05) is 6.07 Å². The highest BCUT2D eigenvalue weighted by Gasteiger charge is 2.28. The van der Waals surface area contributed by atoms with Gasteiger partial charge in [0.05, 0.1) is 16.3 Å². The molecule has 1 saturated heterocycles. The molecule has 0 amide bonds. The van der Waals surface area contributed by atoms with Gasteiger partial charge in [-0.2, -0.15) is 0 Å². The van der Waals surface area contributed by atoms with Crippen LogP contribution in [0, 0.1) is 5.82 Å². The Labute approximate surface area is 170 Å². The van der Waals surface area contributed by atoms with Crippen LogP contribution in [0.1, 0.15) is 12.0 Å². The van der Waals surface area contributed by atoms with Crippen LogP contribution in [0.5, 0.6) is 0 Å². The van der Waals surface area contributed by atoms with E-state index in [0.29, 0.717) is 22.7 Å². The first-order valence-electron chi connectivity index (χ1n) is 8.90. The van der Waals surface area contributed by atoms with Gasteiger partial charge in [0.15, 0.2) is 0 Å². The monoisotopic (exact) mass is 409 g/mol. The Morgan fingerprint density at radius 3 is 2.48 bits per heavy atom. The average molecular weight is 410 g/mol. The highest BCUT2D eigenvalue weighted by Crippen LogP contribution is 2.26. The van der Waals surface area contributed by atoms with E-state index in [0.717, 1.165) is 32.7 Å². The van der Waals surface area contributed by atoms with Crippen molar-refractivity contribution in [1.29, 1.82) is 0 Å². The van der Waals surface area contributed by atoms with Gasteiger partial charge in [-0.1, -0.05) is 41.0 Å². The second-order valence-electron chi connectivity index (χ2n) is 6.69. The lowest BCUT2D eigenvalue weighted by Gasteiger charge is -2.36. The van der Waals surface area contributed by atoms with E-state index in [4.69, 9.17) is 16.4 Å². The van der Waals surface area contributed by atoms with Crippen LogP contribution in [0.15, 0.2) is 53.7 Å². The van der Waals surface area contributed by atoms with E-state index in [1.54, 1.807) is 12.1 Å². The predicted octanol–water partition coefficient (Wildman–Crippen LogP) is 4.22.